The van der Waals surface area contributed by atoms with Gasteiger partial charge in [0.05, 0.1) is 16.8 Å². The minimum absolute atomic E-state index is 0.0000818. The van der Waals surface area contributed by atoms with E-state index >= 15 is 0 Å². The summed E-state index contributed by atoms with van der Waals surface area (Å²) in [6.07, 6.45) is 1.43. The minimum Gasteiger partial charge on any atom is -0.266 e. The van der Waals surface area contributed by atoms with Crippen molar-refractivity contribution in [1.29, 1.82) is 0 Å². The van der Waals surface area contributed by atoms with E-state index in [-0.39, 0.29) is 11.6 Å². The molecule has 3 aromatic rings. The predicted molar refractivity (Wildman–Crippen MR) is 100 cm³/mol. The first-order valence-electron chi connectivity index (χ1n) is 7.65. The summed E-state index contributed by atoms with van der Waals surface area (Å²) in [5.74, 6) is -0.347. The normalized spacial score (nSPS) is 10.8. The van der Waals surface area contributed by atoms with Crippen molar-refractivity contribution in [3.8, 4) is 10.6 Å². The molecular formula is C18H14N4O3S. The van der Waals surface area contributed by atoms with E-state index in [2.05, 4.69) is 15.5 Å². The van der Waals surface area contributed by atoms with Crippen molar-refractivity contribution in [2.24, 2.45) is 5.10 Å². The summed E-state index contributed by atoms with van der Waals surface area (Å²) in [6.45, 7) is 1.78. The third-order valence-corrected chi connectivity index (χ3v) is 4.71. The van der Waals surface area contributed by atoms with Crippen LogP contribution in [0.1, 0.15) is 20.9 Å². The molecule has 0 aliphatic rings. The van der Waals surface area contributed by atoms with Crippen LogP contribution in [0.15, 0.2) is 59.7 Å². The van der Waals surface area contributed by atoms with Crippen molar-refractivity contribution in [2.45, 2.75) is 6.92 Å². The van der Waals surface area contributed by atoms with Crippen LogP contribution in [0.5, 0.6) is 0 Å². The molecule has 8 heteroatoms. The van der Waals surface area contributed by atoms with E-state index < -0.39 is 4.92 Å². The molecule has 0 unspecified atom stereocenters. The van der Waals surface area contributed by atoms with Crippen LogP contribution in [-0.4, -0.2) is 22.0 Å². The van der Waals surface area contributed by atoms with Crippen molar-refractivity contribution in [3.63, 3.8) is 0 Å². The number of aryl methyl sites for hydroxylation is 1. The van der Waals surface area contributed by atoms with Gasteiger partial charge in [0.25, 0.3) is 11.6 Å². The fourth-order valence-electron chi connectivity index (χ4n) is 2.21. The zero-order valence-electron chi connectivity index (χ0n) is 13.7. The fraction of sp³-hybridized carbons (Fsp3) is 0.0556. The van der Waals surface area contributed by atoms with E-state index in [0.717, 1.165) is 10.6 Å². The lowest BCUT2D eigenvalue weighted by atomic mass is 10.2. The van der Waals surface area contributed by atoms with Gasteiger partial charge in [-0.05, 0) is 24.6 Å². The monoisotopic (exact) mass is 366 g/mol. The molecule has 3 rings (SSSR count). The zero-order valence-corrected chi connectivity index (χ0v) is 14.6. The van der Waals surface area contributed by atoms with Gasteiger partial charge in [0.2, 0.25) is 0 Å². The number of hydrogen-bond donors (Lipinski definition) is 1. The Morgan fingerprint density at radius 3 is 2.54 bits per heavy atom. The third kappa shape index (κ3) is 3.98. The summed E-state index contributed by atoms with van der Waals surface area (Å²) >= 11 is 1.30. The molecule has 0 aliphatic carbocycles. The lowest BCUT2D eigenvalue weighted by Crippen LogP contribution is -2.17. The first-order chi connectivity index (χ1) is 12.5. The van der Waals surface area contributed by atoms with Crippen LogP contribution in [-0.2, 0) is 0 Å². The van der Waals surface area contributed by atoms with Crippen molar-refractivity contribution in [2.75, 3.05) is 0 Å². The molecule has 1 amide bonds. The molecule has 0 saturated carbocycles. The Kier molecular flexibility index (Phi) is 5.14. The fourth-order valence-corrected chi connectivity index (χ4v) is 3.17. The topological polar surface area (TPSA) is 97.5 Å². The van der Waals surface area contributed by atoms with E-state index in [1.807, 2.05) is 30.3 Å². The summed E-state index contributed by atoms with van der Waals surface area (Å²) in [5.41, 5.74) is 4.69. The molecule has 0 fully saturated rings. The van der Waals surface area contributed by atoms with E-state index in [1.54, 1.807) is 19.1 Å². The van der Waals surface area contributed by atoms with E-state index in [0.29, 0.717) is 16.1 Å². The Hall–Kier alpha value is -3.39. The van der Waals surface area contributed by atoms with Crippen LogP contribution in [0.4, 0.5) is 5.69 Å². The van der Waals surface area contributed by atoms with Gasteiger partial charge < -0.3 is 0 Å². The number of carbonyl (C=O) groups excluding carboxylic acids is 1. The quantitative estimate of drug-likeness (QED) is 0.422. The van der Waals surface area contributed by atoms with E-state index in [9.17, 15) is 14.9 Å². The lowest BCUT2D eigenvalue weighted by Gasteiger charge is -1.97. The van der Waals surface area contributed by atoms with E-state index in [4.69, 9.17) is 0 Å². The van der Waals surface area contributed by atoms with E-state index in [1.165, 1.54) is 29.7 Å². The molecule has 7 nitrogen and oxygen atoms in total. The molecule has 130 valence electrons. The summed E-state index contributed by atoms with van der Waals surface area (Å²) in [5, 5.41) is 15.3. The number of carbonyl (C=O) groups is 1. The number of benzene rings is 2. The third-order valence-electron chi connectivity index (χ3n) is 3.51. The second-order valence-corrected chi connectivity index (χ2v) is 6.35. The van der Waals surface area contributed by atoms with Crippen molar-refractivity contribution in [3.05, 3.63) is 80.8 Å². The maximum atomic E-state index is 12.3. The van der Waals surface area contributed by atoms with Crippen LogP contribution >= 0.6 is 11.3 Å². The number of hydrogen-bond acceptors (Lipinski definition) is 6. The molecule has 0 aliphatic heterocycles. The van der Waals surface area contributed by atoms with Crippen molar-refractivity contribution >= 4 is 29.1 Å². The minimum atomic E-state index is -0.473. The number of thiazole rings is 1. The number of rotatable bonds is 5. The van der Waals surface area contributed by atoms with Gasteiger partial charge >= 0.3 is 0 Å². The molecule has 0 spiro atoms. The maximum absolute atomic E-state index is 12.3. The van der Waals surface area contributed by atoms with Crippen molar-refractivity contribution in [1.82, 2.24) is 10.4 Å². The maximum Gasteiger partial charge on any atom is 0.283 e. The highest BCUT2D eigenvalue weighted by Gasteiger charge is 2.15. The van der Waals surface area contributed by atoms with Gasteiger partial charge in [-0.15, -0.1) is 11.3 Å². The van der Waals surface area contributed by atoms with Crippen LogP contribution in [0.3, 0.4) is 0 Å². The molecule has 1 aromatic heterocycles. The molecule has 0 atom stereocenters. The van der Waals surface area contributed by atoms with Crippen LogP contribution in [0.25, 0.3) is 10.6 Å². The summed E-state index contributed by atoms with van der Waals surface area (Å²) in [4.78, 5) is 27.4. The smallest absolute Gasteiger partial charge is 0.266 e. The van der Waals surface area contributed by atoms with Gasteiger partial charge in [-0.2, -0.15) is 5.10 Å². The Morgan fingerprint density at radius 2 is 1.88 bits per heavy atom. The summed E-state index contributed by atoms with van der Waals surface area (Å²) in [7, 11) is 0. The average molecular weight is 366 g/mol. The van der Waals surface area contributed by atoms with Gasteiger partial charge in [-0.1, -0.05) is 30.3 Å². The first kappa shape index (κ1) is 17.4. The number of aromatic nitrogens is 1. The summed E-state index contributed by atoms with van der Waals surface area (Å²) in [6, 6.07) is 15.5. The zero-order chi connectivity index (χ0) is 18.5. The highest BCUT2D eigenvalue weighted by atomic mass is 32.1. The molecule has 0 bridgehead atoms. The Labute approximate surface area is 153 Å². The highest BCUT2D eigenvalue weighted by molar-refractivity contribution is 7.17. The molecule has 0 radical (unpaired) electrons. The average Bonchev–Trinajstić information content (AvgIpc) is 3.05. The highest BCUT2D eigenvalue weighted by Crippen LogP contribution is 2.27. The number of amides is 1. The largest absolute Gasteiger partial charge is 0.283 e. The first-order valence-corrected chi connectivity index (χ1v) is 8.47. The number of hydrazone groups is 1. The van der Waals surface area contributed by atoms with Gasteiger partial charge in [0.1, 0.15) is 9.88 Å². The number of nitro benzene ring substituents is 1. The van der Waals surface area contributed by atoms with Crippen LogP contribution in [0, 0.1) is 17.0 Å². The Balaban J connectivity index is 1.68. The second kappa shape index (κ2) is 7.66. The number of nitrogens with zero attached hydrogens (tertiary/aromatic N) is 3. The van der Waals surface area contributed by atoms with Gasteiger partial charge in [-0.3, -0.25) is 14.9 Å². The van der Waals surface area contributed by atoms with Gasteiger partial charge in [-0.25, -0.2) is 10.4 Å². The Bertz CT molecular complexity index is 966. The summed E-state index contributed by atoms with van der Waals surface area (Å²) < 4.78 is 0. The molecule has 0 saturated heterocycles. The lowest BCUT2D eigenvalue weighted by molar-refractivity contribution is -0.384. The van der Waals surface area contributed by atoms with Gasteiger partial charge in [0.15, 0.2) is 0 Å². The predicted octanol–water partition coefficient (Wildman–Crippen LogP) is 3.79. The molecule has 1 N–H and O–H groups in total. The molecule has 26 heavy (non-hydrogen) atoms. The second-order valence-electron chi connectivity index (χ2n) is 5.35. The van der Waals surface area contributed by atoms with Gasteiger partial charge in [0, 0.05) is 17.7 Å². The number of non-ortho nitro benzene ring substituents is 1. The Morgan fingerprint density at radius 1 is 1.19 bits per heavy atom. The number of nitro groups is 1. The molecule has 2 aromatic carbocycles. The molecular weight excluding hydrogens is 352 g/mol. The molecule has 1 heterocycles. The van der Waals surface area contributed by atoms with Crippen LogP contribution in [0.2, 0.25) is 0 Å². The number of nitrogens with one attached hydrogen (secondary N) is 1. The standard InChI is InChI=1S/C18H14N4O3S/c1-12-16(26-18(20-12)14-5-3-2-4-6-14)17(23)21-19-11-13-7-9-15(10-8-13)22(24)25/h2-11H,1H3,(H,21,23)/b19-11+. The van der Waals surface area contributed by atoms with Crippen LogP contribution < -0.4 is 5.43 Å². The SMILES string of the molecule is Cc1nc(-c2ccccc2)sc1C(=O)N/N=C/c1ccc([N+](=O)[O-])cc1. The van der Waals surface area contributed by atoms with Crippen molar-refractivity contribution < 1.29 is 9.72 Å².